The molecule has 0 N–H and O–H groups in total. The van der Waals surface area contributed by atoms with Crippen LogP contribution in [0, 0.1) is 5.92 Å². The third-order valence-electron chi connectivity index (χ3n) is 5.09. The van der Waals surface area contributed by atoms with Crippen molar-refractivity contribution in [2.45, 2.75) is 45.9 Å². The van der Waals surface area contributed by atoms with E-state index in [1.54, 1.807) is 43.0 Å². The second-order valence-electron chi connectivity index (χ2n) is 7.88. The third-order valence-corrected chi connectivity index (χ3v) is 5.09. The Hall–Kier alpha value is -2.74. The summed E-state index contributed by atoms with van der Waals surface area (Å²) in [5.74, 6) is -2.52. The summed E-state index contributed by atoms with van der Waals surface area (Å²) in [5.41, 5.74) is 0.534. The van der Waals surface area contributed by atoms with Gasteiger partial charge < -0.3 is 14.4 Å². The summed E-state index contributed by atoms with van der Waals surface area (Å²) in [6.45, 7) is 7.60. The fraction of sp³-hybridized carbons (Fsp3) is 0.524. The third kappa shape index (κ3) is 4.17. The van der Waals surface area contributed by atoms with Crippen LogP contribution in [0.3, 0.4) is 0 Å². The smallest absolute Gasteiger partial charge is 0.330 e. The standard InChI is InChI=1S/C21H26N2O6/c1-12(2)18(23-19(25)15-7-5-6-8-16(15)20(23)26)21(27)28-11-17(24)22-9-13(3)29-14(4)10-22/h5-8,12-14,18H,9-11H2,1-4H3/t13-,14-,18-/m1/s1. The number of carbonyl (C=O) groups excluding carboxylic acids is 4. The Morgan fingerprint density at radius 3 is 2.07 bits per heavy atom. The van der Waals surface area contributed by atoms with Crippen molar-refractivity contribution >= 4 is 23.7 Å². The van der Waals surface area contributed by atoms with Crippen LogP contribution in [0.15, 0.2) is 24.3 Å². The van der Waals surface area contributed by atoms with E-state index >= 15 is 0 Å². The molecule has 2 heterocycles. The maximum atomic E-state index is 12.8. The second kappa shape index (κ2) is 8.32. The Bertz CT molecular complexity index is 791. The lowest BCUT2D eigenvalue weighted by Crippen LogP contribution is -2.51. The number of imide groups is 1. The first kappa shape index (κ1) is 21.0. The average molecular weight is 402 g/mol. The van der Waals surface area contributed by atoms with Crippen LogP contribution in [0.1, 0.15) is 48.4 Å². The monoisotopic (exact) mass is 402 g/mol. The molecule has 0 aromatic heterocycles. The molecule has 1 fully saturated rings. The summed E-state index contributed by atoms with van der Waals surface area (Å²) < 4.78 is 10.8. The van der Waals surface area contributed by atoms with Crippen molar-refractivity contribution in [2.75, 3.05) is 19.7 Å². The van der Waals surface area contributed by atoms with E-state index in [4.69, 9.17) is 9.47 Å². The number of esters is 1. The Morgan fingerprint density at radius 1 is 1.07 bits per heavy atom. The van der Waals surface area contributed by atoms with Gasteiger partial charge in [-0.15, -0.1) is 0 Å². The quantitative estimate of drug-likeness (QED) is 0.547. The van der Waals surface area contributed by atoms with Gasteiger partial charge in [0, 0.05) is 13.1 Å². The highest BCUT2D eigenvalue weighted by Crippen LogP contribution is 2.27. The second-order valence-corrected chi connectivity index (χ2v) is 7.88. The molecule has 3 amide bonds. The Morgan fingerprint density at radius 2 is 1.59 bits per heavy atom. The zero-order valence-electron chi connectivity index (χ0n) is 17.1. The molecule has 1 saturated heterocycles. The lowest BCUT2D eigenvalue weighted by Gasteiger charge is -2.35. The van der Waals surface area contributed by atoms with Crippen molar-refractivity contribution in [1.29, 1.82) is 0 Å². The SMILES string of the molecule is CC(C)[C@H](C(=O)OCC(=O)N1C[C@@H](C)O[C@H](C)C1)N1C(=O)c2ccccc2C1=O. The van der Waals surface area contributed by atoms with Gasteiger partial charge in [0.15, 0.2) is 6.61 Å². The van der Waals surface area contributed by atoms with Crippen molar-refractivity contribution in [3.8, 4) is 0 Å². The number of fused-ring (bicyclic) bond motifs is 1. The highest BCUT2D eigenvalue weighted by atomic mass is 16.5. The van der Waals surface area contributed by atoms with Gasteiger partial charge in [0.1, 0.15) is 6.04 Å². The molecular formula is C21H26N2O6. The molecule has 0 unspecified atom stereocenters. The molecule has 156 valence electrons. The van der Waals surface area contributed by atoms with Gasteiger partial charge in [-0.25, -0.2) is 4.79 Å². The summed E-state index contributed by atoms with van der Waals surface area (Å²) in [6, 6.07) is 5.35. The number of nitrogens with zero attached hydrogens (tertiary/aromatic N) is 2. The molecule has 1 aromatic carbocycles. The largest absolute Gasteiger partial charge is 0.454 e. The van der Waals surface area contributed by atoms with Gasteiger partial charge in [0.2, 0.25) is 0 Å². The van der Waals surface area contributed by atoms with Crippen LogP contribution in [0.4, 0.5) is 0 Å². The van der Waals surface area contributed by atoms with Crippen LogP contribution >= 0.6 is 0 Å². The fourth-order valence-corrected chi connectivity index (χ4v) is 3.83. The van der Waals surface area contributed by atoms with E-state index in [1.807, 2.05) is 13.8 Å². The minimum Gasteiger partial charge on any atom is -0.454 e. The van der Waals surface area contributed by atoms with Crippen molar-refractivity contribution in [1.82, 2.24) is 9.80 Å². The summed E-state index contributed by atoms with van der Waals surface area (Å²) in [7, 11) is 0. The van der Waals surface area contributed by atoms with Crippen molar-refractivity contribution < 1.29 is 28.7 Å². The van der Waals surface area contributed by atoms with Gasteiger partial charge in [-0.2, -0.15) is 0 Å². The van der Waals surface area contributed by atoms with Gasteiger partial charge in [0.25, 0.3) is 17.7 Å². The molecule has 29 heavy (non-hydrogen) atoms. The highest BCUT2D eigenvalue weighted by Gasteiger charge is 2.44. The highest BCUT2D eigenvalue weighted by molar-refractivity contribution is 6.22. The summed E-state index contributed by atoms with van der Waals surface area (Å²) in [5, 5.41) is 0. The first-order chi connectivity index (χ1) is 13.7. The maximum absolute atomic E-state index is 12.8. The first-order valence-electron chi connectivity index (χ1n) is 9.77. The molecule has 0 radical (unpaired) electrons. The van der Waals surface area contributed by atoms with Gasteiger partial charge in [0.05, 0.1) is 23.3 Å². The summed E-state index contributed by atoms with van der Waals surface area (Å²) in [6.07, 6.45) is -0.194. The molecule has 0 saturated carbocycles. The van der Waals surface area contributed by atoms with Crippen LogP contribution in [-0.2, 0) is 19.1 Å². The molecule has 8 heteroatoms. The van der Waals surface area contributed by atoms with Crippen LogP contribution in [0.2, 0.25) is 0 Å². The zero-order valence-corrected chi connectivity index (χ0v) is 17.1. The molecule has 3 rings (SSSR count). The topological polar surface area (TPSA) is 93.2 Å². The van der Waals surface area contributed by atoms with E-state index in [9.17, 15) is 19.2 Å². The predicted octanol–water partition coefficient (Wildman–Crippen LogP) is 1.49. The van der Waals surface area contributed by atoms with E-state index in [0.717, 1.165) is 4.90 Å². The molecule has 0 spiro atoms. The van der Waals surface area contributed by atoms with E-state index in [2.05, 4.69) is 0 Å². The van der Waals surface area contributed by atoms with Crippen LogP contribution in [0.25, 0.3) is 0 Å². The van der Waals surface area contributed by atoms with Crippen LogP contribution < -0.4 is 0 Å². The lowest BCUT2D eigenvalue weighted by atomic mass is 10.0. The molecule has 1 aromatic rings. The number of ether oxygens (including phenoxy) is 2. The number of benzene rings is 1. The van der Waals surface area contributed by atoms with Gasteiger partial charge in [-0.3, -0.25) is 19.3 Å². The molecule has 0 aliphatic carbocycles. The normalized spacial score (nSPS) is 22.7. The molecule has 2 aliphatic rings. The minimum absolute atomic E-state index is 0.0971. The average Bonchev–Trinajstić information content (AvgIpc) is 2.91. The maximum Gasteiger partial charge on any atom is 0.330 e. The number of amides is 3. The fourth-order valence-electron chi connectivity index (χ4n) is 3.83. The predicted molar refractivity (Wildman–Crippen MR) is 103 cm³/mol. The number of rotatable bonds is 5. The number of hydrogen-bond acceptors (Lipinski definition) is 6. The lowest BCUT2D eigenvalue weighted by molar-refractivity contribution is -0.160. The van der Waals surface area contributed by atoms with E-state index < -0.39 is 30.4 Å². The molecular weight excluding hydrogens is 376 g/mol. The van der Waals surface area contributed by atoms with Crippen molar-refractivity contribution in [3.63, 3.8) is 0 Å². The summed E-state index contributed by atoms with van der Waals surface area (Å²) in [4.78, 5) is 53.2. The first-order valence-corrected chi connectivity index (χ1v) is 9.77. The number of hydrogen-bond donors (Lipinski definition) is 0. The molecule has 3 atom stereocenters. The Labute approximate surface area is 169 Å². The van der Waals surface area contributed by atoms with Gasteiger partial charge in [-0.1, -0.05) is 26.0 Å². The zero-order chi connectivity index (χ0) is 21.3. The van der Waals surface area contributed by atoms with E-state index in [-0.39, 0.29) is 35.2 Å². The summed E-state index contributed by atoms with van der Waals surface area (Å²) >= 11 is 0. The van der Waals surface area contributed by atoms with E-state index in [1.165, 1.54) is 0 Å². The number of carbonyl (C=O) groups is 4. The van der Waals surface area contributed by atoms with Crippen LogP contribution in [-0.4, -0.2) is 71.4 Å². The van der Waals surface area contributed by atoms with Gasteiger partial charge in [-0.05, 0) is 31.9 Å². The van der Waals surface area contributed by atoms with Crippen molar-refractivity contribution in [2.24, 2.45) is 5.92 Å². The van der Waals surface area contributed by atoms with Gasteiger partial charge >= 0.3 is 5.97 Å². The number of morpholine rings is 1. The minimum atomic E-state index is -1.10. The molecule has 2 aliphatic heterocycles. The van der Waals surface area contributed by atoms with Crippen molar-refractivity contribution in [3.05, 3.63) is 35.4 Å². The molecule has 8 nitrogen and oxygen atoms in total. The van der Waals surface area contributed by atoms with Crippen LogP contribution in [0.5, 0.6) is 0 Å². The molecule has 0 bridgehead atoms. The Balaban J connectivity index is 1.69. The van der Waals surface area contributed by atoms with E-state index in [0.29, 0.717) is 13.1 Å². The Kier molecular flexibility index (Phi) is 6.02.